The lowest BCUT2D eigenvalue weighted by Crippen LogP contribution is -2.26. The highest BCUT2D eigenvalue weighted by atomic mass is 16.5. The van der Waals surface area contributed by atoms with Gasteiger partial charge in [0.2, 0.25) is 0 Å². The zero-order valence-corrected chi connectivity index (χ0v) is 6.13. The van der Waals surface area contributed by atoms with E-state index in [1.165, 1.54) is 7.11 Å². The molecule has 0 spiro atoms. The zero-order valence-electron chi connectivity index (χ0n) is 6.13. The molecule has 0 amide bonds. The van der Waals surface area contributed by atoms with Gasteiger partial charge in [-0.2, -0.15) is 5.26 Å². The maximum Gasteiger partial charge on any atom is 0.319 e. The summed E-state index contributed by atoms with van der Waals surface area (Å²) < 4.78 is 4.38. The average molecular weight is 142 g/mol. The van der Waals surface area contributed by atoms with Crippen molar-refractivity contribution in [1.82, 2.24) is 4.90 Å². The highest BCUT2D eigenvalue weighted by Crippen LogP contribution is 1.81. The molecule has 0 aromatic heterocycles. The Balaban J connectivity index is 3.49. The van der Waals surface area contributed by atoms with E-state index in [1.54, 1.807) is 11.9 Å². The van der Waals surface area contributed by atoms with Crippen molar-refractivity contribution in [2.75, 3.05) is 27.2 Å². The molecule has 0 N–H and O–H groups in total. The lowest BCUT2D eigenvalue weighted by Gasteiger charge is -2.08. The molecule has 0 heterocycles. The topological polar surface area (TPSA) is 53.3 Å². The van der Waals surface area contributed by atoms with Gasteiger partial charge in [-0.3, -0.25) is 9.69 Å². The molecule has 4 heteroatoms. The summed E-state index contributed by atoms with van der Waals surface area (Å²) in [4.78, 5) is 12.1. The highest BCUT2D eigenvalue weighted by Gasteiger charge is 2.03. The van der Waals surface area contributed by atoms with E-state index in [4.69, 9.17) is 5.26 Å². The molecule has 0 bridgehead atoms. The van der Waals surface area contributed by atoms with Crippen LogP contribution in [-0.2, 0) is 9.53 Å². The van der Waals surface area contributed by atoms with Gasteiger partial charge in [0.25, 0.3) is 0 Å². The second-order valence-corrected chi connectivity index (χ2v) is 1.91. The van der Waals surface area contributed by atoms with Crippen LogP contribution in [0.4, 0.5) is 0 Å². The summed E-state index contributed by atoms with van der Waals surface area (Å²) in [7, 11) is 3.00. The van der Waals surface area contributed by atoms with E-state index in [9.17, 15) is 4.79 Å². The summed E-state index contributed by atoms with van der Waals surface area (Å²) >= 11 is 0. The molecule has 0 unspecified atom stereocenters. The van der Waals surface area contributed by atoms with Gasteiger partial charge < -0.3 is 4.74 Å². The Morgan fingerprint density at radius 2 is 2.40 bits per heavy atom. The SMILES string of the molecule is COC(=O)CN(C)CC#N. The zero-order chi connectivity index (χ0) is 7.98. The average Bonchev–Trinajstić information content (AvgIpc) is 1.88. The third-order valence-electron chi connectivity index (χ3n) is 0.967. The second kappa shape index (κ2) is 4.77. The Labute approximate surface area is 60.0 Å². The predicted octanol–water partition coefficient (Wildman–Crippen LogP) is -0.385. The van der Waals surface area contributed by atoms with Gasteiger partial charge in [-0.1, -0.05) is 0 Å². The minimum Gasteiger partial charge on any atom is -0.468 e. The van der Waals surface area contributed by atoms with Gasteiger partial charge in [-0.15, -0.1) is 0 Å². The van der Waals surface area contributed by atoms with Crippen LogP contribution in [0.3, 0.4) is 0 Å². The number of ether oxygens (including phenoxy) is 1. The standard InChI is InChI=1S/C6H10N2O2/c1-8(4-3-7)5-6(9)10-2/h4-5H2,1-2H3. The lowest BCUT2D eigenvalue weighted by molar-refractivity contribution is -0.141. The van der Waals surface area contributed by atoms with Gasteiger partial charge >= 0.3 is 5.97 Å². The molecule has 0 radical (unpaired) electrons. The third kappa shape index (κ3) is 3.87. The fourth-order valence-electron chi connectivity index (χ4n) is 0.462. The number of hydrogen-bond donors (Lipinski definition) is 0. The van der Waals surface area contributed by atoms with Crippen LogP contribution in [-0.4, -0.2) is 38.1 Å². The van der Waals surface area contributed by atoms with E-state index in [1.807, 2.05) is 6.07 Å². The quantitative estimate of drug-likeness (QED) is 0.398. The number of carbonyl (C=O) groups is 1. The van der Waals surface area contributed by atoms with Crippen LogP contribution < -0.4 is 0 Å². The minimum absolute atomic E-state index is 0.171. The highest BCUT2D eigenvalue weighted by molar-refractivity contribution is 5.71. The molecular weight excluding hydrogens is 132 g/mol. The number of nitriles is 1. The molecule has 10 heavy (non-hydrogen) atoms. The largest absolute Gasteiger partial charge is 0.468 e. The Hall–Kier alpha value is -1.08. The van der Waals surface area contributed by atoms with Gasteiger partial charge in [-0.25, -0.2) is 0 Å². The molecule has 0 aliphatic rings. The molecule has 0 saturated heterocycles. The van der Waals surface area contributed by atoms with Crippen LogP contribution in [0.1, 0.15) is 0 Å². The molecular formula is C6H10N2O2. The van der Waals surface area contributed by atoms with E-state index in [2.05, 4.69) is 4.74 Å². The Kier molecular flexibility index (Phi) is 4.25. The summed E-state index contributed by atoms with van der Waals surface area (Å²) in [5, 5.41) is 8.18. The van der Waals surface area contributed by atoms with Crippen molar-refractivity contribution >= 4 is 5.97 Å². The molecule has 0 saturated carbocycles. The van der Waals surface area contributed by atoms with Gasteiger partial charge in [0.15, 0.2) is 0 Å². The number of likely N-dealkylation sites (N-methyl/N-ethyl adjacent to an activating group) is 1. The maximum absolute atomic E-state index is 10.5. The smallest absolute Gasteiger partial charge is 0.319 e. The molecule has 0 atom stereocenters. The van der Waals surface area contributed by atoms with Gasteiger partial charge in [0.1, 0.15) is 0 Å². The third-order valence-corrected chi connectivity index (χ3v) is 0.967. The van der Waals surface area contributed by atoms with Crippen LogP contribution in [0.2, 0.25) is 0 Å². The van der Waals surface area contributed by atoms with Gasteiger partial charge in [0.05, 0.1) is 26.3 Å². The fourth-order valence-corrected chi connectivity index (χ4v) is 0.462. The first-order valence-corrected chi connectivity index (χ1v) is 2.83. The normalized spacial score (nSPS) is 9.00. The molecule has 0 aliphatic carbocycles. The van der Waals surface area contributed by atoms with Crippen LogP contribution >= 0.6 is 0 Å². The Bertz CT molecular complexity index is 150. The van der Waals surface area contributed by atoms with E-state index in [-0.39, 0.29) is 19.1 Å². The van der Waals surface area contributed by atoms with Gasteiger partial charge in [-0.05, 0) is 7.05 Å². The molecule has 4 nitrogen and oxygen atoms in total. The first kappa shape index (κ1) is 8.92. The first-order chi connectivity index (χ1) is 4.70. The van der Waals surface area contributed by atoms with E-state index < -0.39 is 0 Å². The van der Waals surface area contributed by atoms with Crippen molar-refractivity contribution in [1.29, 1.82) is 5.26 Å². The summed E-state index contributed by atoms with van der Waals surface area (Å²) in [5.41, 5.74) is 0. The summed E-state index contributed by atoms with van der Waals surface area (Å²) in [5.74, 6) is -0.322. The van der Waals surface area contributed by atoms with Crippen molar-refractivity contribution < 1.29 is 9.53 Å². The monoisotopic (exact) mass is 142 g/mol. The van der Waals surface area contributed by atoms with Crippen LogP contribution in [0, 0.1) is 11.3 Å². The van der Waals surface area contributed by atoms with E-state index in [0.717, 1.165) is 0 Å². The number of esters is 1. The van der Waals surface area contributed by atoms with Crippen LogP contribution in [0.25, 0.3) is 0 Å². The van der Waals surface area contributed by atoms with Crippen molar-refractivity contribution in [3.63, 3.8) is 0 Å². The summed E-state index contributed by atoms with van der Waals surface area (Å²) in [6.07, 6.45) is 0. The number of nitrogens with zero attached hydrogens (tertiary/aromatic N) is 2. The second-order valence-electron chi connectivity index (χ2n) is 1.91. The summed E-state index contributed by atoms with van der Waals surface area (Å²) in [6.45, 7) is 0.416. The summed E-state index contributed by atoms with van der Waals surface area (Å²) in [6, 6.07) is 1.92. The van der Waals surface area contributed by atoms with Crippen LogP contribution in [0.15, 0.2) is 0 Å². The van der Waals surface area contributed by atoms with E-state index in [0.29, 0.717) is 0 Å². The first-order valence-electron chi connectivity index (χ1n) is 2.83. The van der Waals surface area contributed by atoms with Gasteiger partial charge in [0, 0.05) is 0 Å². The lowest BCUT2D eigenvalue weighted by atomic mass is 10.5. The number of carbonyl (C=O) groups excluding carboxylic acids is 1. The molecule has 0 fully saturated rings. The Morgan fingerprint density at radius 3 is 2.80 bits per heavy atom. The predicted molar refractivity (Wildman–Crippen MR) is 35.1 cm³/mol. The van der Waals surface area contributed by atoms with Crippen LogP contribution in [0.5, 0.6) is 0 Å². The molecule has 0 rings (SSSR count). The van der Waals surface area contributed by atoms with Crippen molar-refractivity contribution in [2.24, 2.45) is 0 Å². The maximum atomic E-state index is 10.5. The minimum atomic E-state index is -0.322. The number of rotatable bonds is 3. The Morgan fingerprint density at radius 1 is 1.80 bits per heavy atom. The van der Waals surface area contributed by atoms with Crippen molar-refractivity contribution in [2.45, 2.75) is 0 Å². The fraction of sp³-hybridized carbons (Fsp3) is 0.667. The molecule has 0 aromatic rings. The molecule has 56 valence electrons. The number of hydrogen-bond acceptors (Lipinski definition) is 4. The van der Waals surface area contributed by atoms with Crippen molar-refractivity contribution in [3.8, 4) is 6.07 Å². The van der Waals surface area contributed by atoms with E-state index >= 15 is 0 Å². The molecule has 0 aliphatic heterocycles. The number of methoxy groups -OCH3 is 1. The van der Waals surface area contributed by atoms with Crippen molar-refractivity contribution in [3.05, 3.63) is 0 Å². The molecule has 0 aromatic carbocycles.